The van der Waals surface area contributed by atoms with Crippen molar-refractivity contribution in [2.24, 2.45) is 0 Å². The van der Waals surface area contributed by atoms with Gasteiger partial charge in [-0.25, -0.2) is 4.98 Å². The summed E-state index contributed by atoms with van der Waals surface area (Å²) in [7, 11) is 0. The smallest absolute Gasteiger partial charge is 0.251 e. The van der Waals surface area contributed by atoms with Crippen LogP contribution in [0.1, 0.15) is 19.5 Å². The quantitative estimate of drug-likeness (QED) is 0.668. The average Bonchev–Trinajstić information content (AvgIpc) is 2.32. The molecule has 106 valence electrons. The number of nitrogens with zero attached hydrogens (tertiary/aromatic N) is 1. The lowest BCUT2D eigenvalue weighted by Crippen LogP contribution is -2.09. The molecule has 0 saturated carbocycles. The third kappa shape index (κ3) is 3.54. The number of para-hydroxylation sites is 1. The molecule has 0 amide bonds. The van der Waals surface area contributed by atoms with Crippen molar-refractivity contribution < 1.29 is 4.74 Å². The molecule has 0 atom stereocenters. The highest BCUT2D eigenvalue weighted by molar-refractivity contribution is 7.99. The van der Waals surface area contributed by atoms with Gasteiger partial charge < -0.3 is 15.5 Å². The molecule has 0 bridgehead atoms. The molecular formula is C14H17N3O2S. The zero-order valence-corrected chi connectivity index (χ0v) is 12.5. The predicted molar refractivity (Wildman–Crippen MR) is 80.3 cm³/mol. The van der Waals surface area contributed by atoms with E-state index in [1.165, 1.54) is 17.8 Å². The van der Waals surface area contributed by atoms with Gasteiger partial charge in [0.15, 0.2) is 5.16 Å². The molecule has 0 aliphatic rings. The lowest BCUT2D eigenvalue weighted by molar-refractivity contribution is 0.243. The van der Waals surface area contributed by atoms with Gasteiger partial charge in [-0.15, -0.1) is 0 Å². The van der Waals surface area contributed by atoms with Crippen LogP contribution in [0.4, 0.5) is 5.69 Å². The van der Waals surface area contributed by atoms with Gasteiger partial charge >= 0.3 is 0 Å². The van der Waals surface area contributed by atoms with Gasteiger partial charge in [0.05, 0.1) is 11.8 Å². The number of aromatic nitrogens is 2. The van der Waals surface area contributed by atoms with Gasteiger partial charge in [0, 0.05) is 16.7 Å². The topological polar surface area (TPSA) is 81.0 Å². The summed E-state index contributed by atoms with van der Waals surface area (Å²) in [5.41, 5.74) is 7.14. The number of nitrogens with one attached hydrogen (secondary N) is 1. The van der Waals surface area contributed by atoms with Gasteiger partial charge in [0.1, 0.15) is 5.75 Å². The monoisotopic (exact) mass is 291 g/mol. The first kappa shape index (κ1) is 14.5. The second-order valence-electron chi connectivity index (χ2n) is 4.63. The number of H-pyrrole nitrogens is 1. The minimum atomic E-state index is -0.173. The fourth-order valence-corrected chi connectivity index (χ4v) is 2.58. The number of aryl methyl sites for hydroxylation is 1. The van der Waals surface area contributed by atoms with E-state index in [-0.39, 0.29) is 11.7 Å². The Hall–Kier alpha value is -1.95. The summed E-state index contributed by atoms with van der Waals surface area (Å²) in [6.07, 6.45) is 0.0504. The van der Waals surface area contributed by atoms with E-state index in [4.69, 9.17) is 10.5 Å². The maximum absolute atomic E-state index is 11.4. The van der Waals surface area contributed by atoms with Gasteiger partial charge in [-0.1, -0.05) is 6.07 Å². The Morgan fingerprint density at radius 2 is 2.15 bits per heavy atom. The summed E-state index contributed by atoms with van der Waals surface area (Å²) in [6.45, 7) is 5.67. The summed E-state index contributed by atoms with van der Waals surface area (Å²) in [4.78, 5) is 19.2. The van der Waals surface area contributed by atoms with Crippen LogP contribution in [0.5, 0.6) is 5.75 Å². The number of ether oxygens (including phenoxy) is 1. The maximum Gasteiger partial charge on any atom is 0.251 e. The van der Waals surface area contributed by atoms with E-state index in [9.17, 15) is 4.79 Å². The van der Waals surface area contributed by atoms with Crippen molar-refractivity contribution in [1.82, 2.24) is 9.97 Å². The Kier molecular flexibility index (Phi) is 4.34. The van der Waals surface area contributed by atoms with Crippen LogP contribution >= 0.6 is 11.8 Å². The third-order valence-corrected chi connectivity index (χ3v) is 3.41. The highest BCUT2D eigenvalue weighted by atomic mass is 32.2. The second-order valence-corrected chi connectivity index (χ2v) is 5.66. The molecule has 20 heavy (non-hydrogen) atoms. The standard InChI is InChI=1S/C14H17N3O2S/c1-8(2)19-10-5-4-6-11(13(10)15)20-14-16-9(3)7-12(18)17-14/h4-8H,15H2,1-3H3,(H,16,17,18). The number of anilines is 1. The first-order chi connectivity index (χ1) is 9.45. The number of benzene rings is 1. The highest BCUT2D eigenvalue weighted by Crippen LogP contribution is 2.35. The number of nitrogen functional groups attached to an aromatic ring is 1. The average molecular weight is 291 g/mol. The fourth-order valence-electron chi connectivity index (χ4n) is 1.67. The molecule has 0 aliphatic heterocycles. The van der Waals surface area contributed by atoms with Crippen LogP contribution in [0.25, 0.3) is 0 Å². The molecule has 0 unspecified atom stereocenters. The van der Waals surface area contributed by atoms with Crippen molar-refractivity contribution >= 4 is 17.4 Å². The Morgan fingerprint density at radius 1 is 1.40 bits per heavy atom. The van der Waals surface area contributed by atoms with Crippen molar-refractivity contribution in [2.45, 2.75) is 36.9 Å². The summed E-state index contributed by atoms with van der Waals surface area (Å²) in [5.74, 6) is 0.639. The van der Waals surface area contributed by atoms with E-state index in [0.717, 1.165) is 4.90 Å². The third-order valence-electron chi connectivity index (χ3n) is 2.44. The van der Waals surface area contributed by atoms with Crippen LogP contribution < -0.4 is 16.0 Å². The van der Waals surface area contributed by atoms with Crippen molar-refractivity contribution in [1.29, 1.82) is 0 Å². The van der Waals surface area contributed by atoms with Crippen LogP contribution in [0.2, 0.25) is 0 Å². The van der Waals surface area contributed by atoms with Crippen LogP contribution in [0.3, 0.4) is 0 Å². The van der Waals surface area contributed by atoms with Crippen molar-refractivity contribution in [3.63, 3.8) is 0 Å². The molecule has 1 aromatic carbocycles. The molecule has 0 spiro atoms. The van der Waals surface area contributed by atoms with E-state index in [2.05, 4.69) is 9.97 Å². The minimum Gasteiger partial charge on any atom is -0.489 e. The Labute approximate surface area is 121 Å². The molecule has 0 saturated heterocycles. The summed E-state index contributed by atoms with van der Waals surface area (Å²) in [6, 6.07) is 7.01. The molecule has 6 heteroatoms. The normalized spacial score (nSPS) is 10.8. The molecule has 0 aliphatic carbocycles. The molecule has 2 aromatic rings. The van der Waals surface area contributed by atoms with Crippen molar-refractivity contribution in [3.05, 3.63) is 40.3 Å². The van der Waals surface area contributed by atoms with Crippen LogP contribution in [0, 0.1) is 6.92 Å². The van der Waals surface area contributed by atoms with E-state index < -0.39 is 0 Å². The molecule has 0 radical (unpaired) electrons. The van der Waals surface area contributed by atoms with Gasteiger partial charge in [-0.05, 0) is 44.7 Å². The highest BCUT2D eigenvalue weighted by Gasteiger charge is 2.10. The number of rotatable bonds is 4. The number of hydrogen-bond donors (Lipinski definition) is 2. The summed E-state index contributed by atoms with van der Waals surface area (Å²) >= 11 is 1.31. The molecule has 0 fully saturated rings. The SMILES string of the molecule is Cc1cc(=O)[nH]c(Sc2cccc(OC(C)C)c2N)n1. The Bertz CT molecular complexity index is 668. The minimum absolute atomic E-state index is 0.0504. The largest absolute Gasteiger partial charge is 0.489 e. The van der Waals surface area contributed by atoms with Crippen LogP contribution in [-0.4, -0.2) is 16.1 Å². The van der Waals surface area contributed by atoms with E-state index in [0.29, 0.717) is 22.3 Å². The summed E-state index contributed by atoms with van der Waals surface area (Å²) < 4.78 is 5.64. The number of nitrogens with two attached hydrogens (primary N) is 1. The maximum atomic E-state index is 11.4. The molecule has 1 aromatic heterocycles. The lowest BCUT2D eigenvalue weighted by atomic mass is 10.3. The number of aromatic amines is 1. The zero-order valence-electron chi connectivity index (χ0n) is 11.6. The Balaban J connectivity index is 2.31. The fraction of sp³-hybridized carbons (Fsp3) is 0.286. The zero-order chi connectivity index (χ0) is 14.7. The van der Waals surface area contributed by atoms with Gasteiger partial charge in [-0.2, -0.15) is 0 Å². The van der Waals surface area contributed by atoms with E-state index >= 15 is 0 Å². The molecule has 3 N–H and O–H groups in total. The van der Waals surface area contributed by atoms with Crippen LogP contribution in [-0.2, 0) is 0 Å². The molecule has 5 nitrogen and oxygen atoms in total. The molecule has 2 rings (SSSR count). The van der Waals surface area contributed by atoms with Crippen LogP contribution in [0.15, 0.2) is 39.1 Å². The van der Waals surface area contributed by atoms with Crippen molar-refractivity contribution in [2.75, 3.05) is 5.73 Å². The van der Waals surface area contributed by atoms with Gasteiger partial charge in [0.2, 0.25) is 0 Å². The van der Waals surface area contributed by atoms with E-state index in [1.54, 1.807) is 6.92 Å². The summed E-state index contributed by atoms with van der Waals surface area (Å²) in [5, 5.41) is 0.517. The lowest BCUT2D eigenvalue weighted by Gasteiger charge is -2.14. The first-order valence-electron chi connectivity index (χ1n) is 6.26. The first-order valence-corrected chi connectivity index (χ1v) is 7.08. The predicted octanol–water partition coefficient (Wildman–Crippen LogP) is 2.60. The molecule has 1 heterocycles. The second kappa shape index (κ2) is 6.00. The van der Waals surface area contributed by atoms with E-state index in [1.807, 2.05) is 32.0 Å². The van der Waals surface area contributed by atoms with Gasteiger partial charge in [0.25, 0.3) is 5.56 Å². The Morgan fingerprint density at radius 3 is 2.80 bits per heavy atom. The number of hydrogen-bond acceptors (Lipinski definition) is 5. The van der Waals surface area contributed by atoms with Gasteiger partial charge in [-0.3, -0.25) is 4.79 Å². The molecular weight excluding hydrogens is 274 g/mol. The van der Waals surface area contributed by atoms with Crippen molar-refractivity contribution in [3.8, 4) is 5.75 Å².